The summed E-state index contributed by atoms with van der Waals surface area (Å²) in [6, 6.07) is 16.7. The fraction of sp³-hybridized carbons (Fsp3) is 0.167. The monoisotopic (exact) mass is 262 g/mol. The van der Waals surface area contributed by atoms with Crippen LogP contribution in [-0.2, 0) is 6.42 Å². The normalized spacial score (nSPS) is 12.5. The van der Waals surface area contributed by atoms with Crippen molar-refractivity contribution in [2.75, 3.05) is 0 Å². The highest BCUT2D eigenvalue weighted by Crippen LogP contribution is 2.27. The number of hydrogen-bond donors (Lipinski definition) is 1. The molecule has 3 aromatic rings. The Labute approximate surface area is 119 Å². The Hall–Kier alpha value is -2.19. The molecule has 0 aliphatic carbocycles. The summed E-state index contributed by atoms with van der Waals surface area (Å²) < 4.78 is 0. The number of nitrogens with zero attached hydrogens (tertiary/aromatic N) is 1. The average molecular weight is 262 g/mol. The summed E-state index contributed by atoms with van der Waals surface area (Å²) in [6.07, 6.45) is 4.75. The Kier molecular flexibility index (Phi) is 3.48. The molecule has 2 N–H and O–H groups in total. The molecule has 3 rings (SSSR count). The molecule has 0 bridgehead atoms. The van der Waals surface area contributed by atoms with E-state index in [1.165, 1.54) is 10.9 Å². The molecule has 2 aromatic carbocycles. The summed E-state index contributed by atoms with van der Waals surface area (Å²) in [4.78, 5) is 4.17. The second kappa shape index (κ2) is 5.43. The van der Waals surface area contributed by atoms with Crippen LogP contribution in [0.5, 0.6) is 0 Å². The highest BCUT2D eigenvalue weighted by molar-refractivity contribution is 5.85. The predicted molar refractivity (Wildman–Crippen MR) is 83.6 cm³/mol. The number of pyridine rings is 1. The Morgan fingerprint density at radius 3 is 2.60 bits per heavy atom. The molecule has 0 radical (unpaired) electrons. The number of benzene rings is 2. The molecule has 1 unspecified atom stereocenters. The van der Waals surface area contributed by atoms with Crippen molar-refractivity contribution >= 4 is 10.8 Å². The van der Waals surface area contributed by atoms with Gasteiger partial charge in [0.2, 0.25) is 0 Å². The van der Waals surface area contributed by atoms with Crippen LogP contribution in [0.25, 0.3) is 10.8 Å². The molecule has 0 amide bonds. The third kappa shape index (κ3) is 2.30. The maximum absolute atomic E-state index is 6.45. The molecule has 20 heavy (non-hydrogen) atoms. The number of hydrogen-bond acceptors (Lipinski definition) is 2. The molecule has 1 heterocycles. The first-order valence-corrected chi connectivity index (χ1v) is 6.96. The minimum Gasteiger partial charge on any atom is -0.320 e. The van der Waals surface area contributed by atoms with E-state index in [1.54, 1.807) is 0 Å². The van der Waals surface area contributed by atoms with Gasteiger partial charge in [-0.05, 0) is 34.6 Å². The van der Waals surface area contributed by atoms with Crippen molar-refractivity contribution in [2.45, 2.75) is 19.4 Å². The summed E-state index contributed by atoms with van der Waals surface area (Å²) in [7, 11) is 0. The molecule has 2 heteroatoms. The van der Waals surface area contributed by atoms with E-state index in [1.807, 2.05) is 24.5 Å². The Bertz CT molecular complexity index is 712. The van der Waals surface area contributed by atoms with E-state index in [9.17, 15) is 0 Å². The zero-order valence-corrected chi connectivity index (χ0v) is 11.6. The molecule has 0 saturated carbocycles. The van der Waals surface area contributed by atoms with E-state index in [-0.39, 0.29) is 6.04 Å². The first kappa shape index (κ1) is 12.8. The molecule has 2 nitrogen and oxygen atoms in total. The maximum Gasteiger partial charge on any atom is 0.0557 e. The van der Waals surface area contributed by atoms with Crippen molar-refractivity contribution in [3.05, 3.63) is 77.6 Å². The Morgan fingerprint density at radius 2 is 1.85 bits per heavy atom. The van der Waals surface area contributed by atoms with Gasteiger partial charge in [0.1, 0.15) is 0 Å². The van der Waals surface area contributed by atoms with Crippen LogP contribution in [0, 0.1) is 0 Å². The van der Waals surface area contributed by atoms with Gasteiger partial charge in [0.25, 0.3) is 0 Å². The highest BCUT2D eigenvalue weighted by Gasteiger charge is 2.11. The van der Waals surface area contributed by atoms with Gasteiger partial charge in [-0.1, -0.05) is 49.4 Å². The minimum atomic E-state index is -0.105. The quantitative estimate of drug-likeness (QED) is 0.778. The van der Waals surface area contributed by atoms with E-state index in [2.05, 4.69) is 48.3 Å². The number of rotatable bonds is 3. The van der Waals surface area contributed by atoms with Crippen LogP contribution in [-0.4, -0.2) is 4.98 Å². The summed E-state index contributed by atoms with van der Waals surface area (Å²) in [5.41, 5.74) is 10.1. The van der Waals surface area contributed by atoms with Gasteiger partial charge < -0.3 is 5.73 Å². The van der Waals surface area contributed by atoms with Crippen LogP contribution in [0.1, 0.15) is 29.7 Å². The second-order valence-corrected chi connectivity index (χ2v) is 5.02. The van der Waals surface area contributed by atoms with E-state index < -0.39 is 0 Å². The van der Waals surface area contributed by atoms with Crippen molar-refractivity contribution < 1.29 is 0 Å². The molecule has 0 aliphatic heterocycles. The zero-order chi connectivity index (χ0) is 13.9. The maximum atomic E-state index is 6.45. The highest BCUT2D eigenvalue weighted by atomic mass is 14.6. The van der Waals surface area contributed by atoms with Crippen molar-refractivity contribution in [1.82, 2.24) is 4.98 Å². The van der Waals surface area contributed by atoms with Crippen molar-refractivity contribution in [2.24, 2.45) is 5.73 Å². The zero-order valence-electron chi connectivity index (χ0n) is 11.6. The lowest BCUT2D eigenvalue weighted by Gasteiger charge is -2.15. The molecular formula is C18H18N2. The third-order valence-corrected chi connectivity index (χ3v) is 3.80. The topological polar surface area (TPSA) is 38.9 Å². The van der Waals surface area contributed by atoms with Gasteiger partial charge in [0.15, 0.2) is 0 Å². The van der Waals surface area contributed by atoms with Crippen LogP contribution in [0.15, 0.2) is 60.9 Å². The van der Waals surface area contributed by atoms with Crippen LogP contribution in [0.2, 0.25) is 0 Å². The van der Waals surface area contributed by atoms with Gasteiger partial charge in [-0.2, -0.15) is 0 Å². The molecule has 1 atom stereocenters. The second-order valence-electron chi connectivity index (χ2n) is 5.02. The van der Waals surface area contributed by atoms with E-state index >= 15 is 0 Å². The van der Waals surface area contributed by atoms with Gasteiger partial charge in [0, 0.05) is 17.8 Å². The van der Waals surface area contributed by atoms with E-state index in [0.29, 0.717) is 0 Å². The molecule has 1 aromatic heterocycles. The van der Waals surface area contributed by atoms with Gasteiger partial charge >= 0.3 is 0 Å². The third-order valence-electron chi connectivity index (χ3n) is 3.80. The van der Waals surface area contributed by atoms with Crippen LogP contribution < -0.4 is 5.73 Å². The Morgan fingerprint density at radius 1 is 1.05 bits per heavy atom. The number of fused-ring (bicyclic) bond motifs is 1. The van der Waals surface area contributed by atoms with Gasteiger partial charge in [-0.15, -0.1) is 0 Å². The summed E-state index contributed by atoms with van der Waals surface area (Å²) in [6.45, 7) is 2.16. The fourth-order valence-electron chi connectivity index (χ4n) is 2.56. The van der Waals surface area contributed by atoms with Crippen molar-refractivity contribution in [3.63, 3.8) is 0 Å². The van der Waals surface area contributed by atoms with Crippen LogP contribution >= 0.6 is 0 Å². The molecular weight excluding hydrogens is 244 g/mol. The SMILES string of the molecule is CCc1ccc(C(N)c2cccc3cnccc23)cc1. The predicted octanol–water partition coefficient (Wildman–Crippen LogP) is 3.85. The summed E-state index contributed by atoms with van der Waals surface area (Å²) >= 11 is 0. The van der Waals surface area contributed by atoms with Crippen molar-refractivity contribution in [3.8, 4) is 0 Å². The standard InChI is InChI=1S/C18H18N2/c1-2-13-6-8-14(9-7-13)18(19)17-5-3-4-15-12-20-11-10-16(15)17/h3-12,18H,2,19H2,1H3. The molecule has 100 valence electrons. The van der Waals surface area contributed by atoms with Gasteiger partial charge in [-0.25, -0.2) is 0 Å². The Balaban J connectivity index is 2.05. The first-order chi connectivity index (χ1) is 9.79. The smallest absolute Gasteiger partial charge is 0.0557 e. The lowest BCUT2D eigenvalue weighted by atomic mass is 9.94. The van der Waals surface area contributed by atoms with Crippen LogP contribution in [0.4, 0.5) is 0 Å². The van der Waals surface area contributed by atoms with E-state index in [0.717, 1.165) is 22.9 Å². The van der Waals surface area contributed by atoms with Gasteiger partial charge in [0.05, 0.1) is 6.04 Å². The summed E-state index contributed by atoms with van der Waals surface area (Å²) in [5, 5.41) is 2.31. The molecule has 0 fully saturated rings. The molecule has 0 saturated heterocycles. The lowest BCUT2D eigenvalue weighted by molar-refractivity contribution is 0.878. The molecule has 0 aliphatic rings. The number of aryl methyl sites for hydroxylation is 1. The minimum absolute atomic E-state index is 0.105. The van der Waals surface area contributed by atoms with E-state index in [4.69, 9.17) is 5.73 Å². The van der Waals surface area contributed by atoms with Crippen LogP contribution in [0.3, 0.4) is 0 Å². The average Bonchev–Trinajstić information content (AvgIpc) is 2.54. The number of nitrogens with two attached hydrogens (primary N) is 1. The van der Waals surface area contributed by atoms with Gasteiger partial charge in [-0.3, -0.25) is 4.98 Å². The largest absolute Gasteiger partial charge is 0.320 e. The fourth-order valence-corrected chi connectivity index (χ4v) is 2.56. The lowest BCUT2D eigenvalue weighted by Crippen LogP contribution is -2.12. The summed E-state index contributed by atoms with van der Waals surface area (Å²) in [5.74, 6) is 0. The molecule has 0 spiro atoms. The first-order valence-electron chi connectivity index (χ1n) is 6.96. The number of aromatic nitrogens is 1. The van der Waals surface area contributed by atoms with Crippen molar-refractivity contribution in [1.29, 1.82) is 0 Å².